The molecule has 92 valence electrons. The third kappa shape index (κ3) is 3.46. The van der Waals surface area contributed by atoms with E-state index in [-0.39, 0.29) is 12.4 Å². The van der Waals surface area contributed by atoms with Gasteiger partial charge in [-0.05, 0) is 25.1 Å². The molecule has 1 amide bonds. The van der Waals surface area contributed by atoms with Crippen LogP contribution in [0, 0.1) is 0 Å². The molecular weight excluding hydrogens is 224 g/mol. The van der Waals surface area contributed by atoms with Crippen molar-refractivity contribution in [1.29, 1.82) is 0 Å². The second-order valence-corrected chi connectivity index (χ2v) is 3.33. The Morgan fingerprint density at radius 1 is 1.35 bits per heavy atom. The summed E-state index contributed by atoms with van der Waals surface area (Å²) in [6, 6.07) is 4.58. The van der Waals surface area contributed by atoms with Crippen molar-refractivity contribution < 1.29 is 19.1 Å². The molecule has 1 aromatic rings. The molecule has 0 unspecified atom stereocenters. The molecule has 3 N–H and O–H groups in total. The van der Waals surface area contributed by atoms with E-state index in [9.17, 15) is 9.59 Å². The zero-order valence-corrected chi connectivity index (χ0v) is 9.65. The van der Waals surface area contributed by atoms with E-state index in [2.05, 4.69) is 0 Å². The van der Waals surface area contributed by atoms with Crippen LogP contribution < -0.4 is 20.7 Å². The van der Waals surface area contributed by atoms with Crippen LogP contribution in [0.1, 0.15) is 17.3 Å². The number of carbonyl (C=O) groups excluding carboxylic acids is 2. The summed E-state index contributed by atoms with van der Waals surface area (Å²) in [6.07, 6.45) is 0. The van der Waals surface area contributed by atoms with Crippen molar-refractivity contribution in [2.24, 2.45) is 5.84 Å². The number of carbonyl (C=O) groups is 2. The van der Waals surface area contributed by atoms with Crippen molar-refractivity contribution in [1.82, 2.24) is 5.43 Å². The SMILES string of the molecule is COc1ccc(C(=O)NN)cc1OCC(C)=O. The molecule has 0 fully saturated rings. The fraction of sp³-hybridized carbons (Fsp3) is 0.273. The third-order valence-corrected chi connectivity index (χ3v) is 1.99. The summed E-state index contributed by atoms with van der Waals surface area (Å²) < 4.78 is 10.3. The Hall–Kier alpha value is -2.08. The monoisotopic (exact) mass is 238 g/mol. The molecule has 0 radical (unpaired) electrons. The summed E-state index contributed by atoms with van der Waals surface area (Å²) >= 11 is 0. The molecule has 0 aliphatic heterocycles. The minimum atomic E-state index is -0.444. The van der Waals surface area contributed by atoms with Crippen molar-refractivity contribution in [2.75, 3.05) is 13.7 Å². The normalized spacial score (nSPS) is 9.59. The summed E-state index contributed by atoms with van der Waals surface area (Å²) in [4.78, 5) is 22.1. The van der Waals surface area contributed by atoms with Crippen molar-refractivity contribution in [3.05, 3.63) is 23.8 Å². The summed E-state index contributed by atoms with van der Waals surface area (Å²) in [6.45, 7) is 1.33. The smallest absolute Gasteiger partial charge is 0.265 e. The minimum absolute atomic E-state index is 0.0793. The molecule has 0 atom stereocenters. The molecule has 6 nitrogen and oxygen atoms in total. The molecule has 0 aliphatic rings. The second-order valence-electron chi connectivity index (χ2n) is 3.33. The first-order valence-electron chi connectivity index (χ1n) is 4.89. The van der Waals surface area contributed by atoms with Gasteiger partial charge in [-0.15, -0.1) is 0 Å². The highest BCUT2D eigenvalue weighted by Crippen LogP contribution is 2.27. The average Bonchev–Trinajstić information content (AvgIpc) is 2.34. The highest BCUT2D eigenvalue weighted by atomic mass is 16.5. The van der Waals surface area contributed by atoms with Crippen LogP contribution in [0.25, 0.3) is 0 Å². The Kier molecular flexibility index (Phi) is 4.47. The molecule has 1 rings (SSSR count). The maximum Gasteiger partial charge on any atom is 0.265 e. The van der Waals surface area contributed by atoms with E-state index in [1.165, 1.54) is 20.1 Å². The number of nitrogen functional groups attached to an aromatic ring is 1. The van der Waals surface area contributed by atoms with Crippen LogP contribution in [-0.4, -0.2) is 25.4 Å². The Balaban J connectivity index is 2.97. The summed E-state index contributed by atoms with van der Waals surface area (Å²) in [7, 11) is 1.47. The van der Waals surface area contributed by atoms with E-state index < -0.39 is 5.91 Å². The van der Waals surface area contributed by atoms with E-state index in [4.69, 9.17) is 15.3 Å². The van der Waals surface area contributed by atoms with Gasteiger partial charge in [-0.25, -0.2) is 5.84 Å². The maximum atomic E-state index is 11.3. The number of ether oxygens (including phenoxy) is 2. The molecule has 17 heavy (non-hydrogen) atoms. The lowest BCUT2D eigenvalue weighted by atomic mass is 10.2. The van der Waals surface area contributed by atoms with Gasteiger partial charge in [0.15, 0.2) is 17.3 Å². The van der Waals surface area contributed by atoms with Gasteiger partial charge in [-0.3, -0.25) is 15.0 Å². The molecule has 6 heteroatoms. The Bertz CT molecular complexity index is 431. The number of ketones is 1. The van der Waals surface area contributed by atoms with Gasteiger partial charge in [0.25, 0.3) is 5.91 Å². The summed E-state index contributed by atoms with van der Waals surface area (Å²) in [5.41, 5.74) is 2.33. The predicted octanol–water partition coefficient (Wildman–Crippen LogP) is 0.267. The molecule has 0 spiro atoms. The van der Waals surface area contributed by atoms with Gasteiger partial charge < -0.3 is 9.47 Å². The van der Waals surface area contributed by atoms with Gasteiger partial charge in [-0.1, -0.05) is 0 Å². The first-order valence-corrected chi connectivity index (χ1v) is 4.89. The first-order chi connectivity index (χ1) is 8.08. The van der Waals surface area contributed by atoms with Crippen LogP contribution in [0.4, 0.5) is 0 Å². The van der Waals surface area contributed by atoms with Crippen molar-refractivity contribution >= 4 is 11.7 Å². The molecule has 0 aromatic heterocycles. The fourth-order valence-electron chi connectivity index (χ4n) is 1.19. The average molecular weight is 238 g/mol. The number of amides is 1. The number of methoxy groups -OCH3 is 1. The van der Waals surface area contributed by atoms with Gasteiger partial charge in [-0.2, -0.15) is 0 Å². The topological polar surface area (TPSA) is 90.7 Å². The molecule has 1 aromatic carbocycles. The number of Topliss-reactive ketones (excluding diaryl/α,β-unsaturated/α-hetero) is 1. The number of nitrogens with one attached hydrogen (secondary N) is 1. The largest absolute Gasteiger partial charge is 0.493 e. The van der Waals surface area contributed by atoms with Crippen LogP contribution in [0.3, 0.4) is 0 Å². The fourth-order valence-corrected chi connectivity index (χ4v) is 1.19. The lowest BCUT2D eigenvalue weighted by Crippen LogP contribution is -2.29. The maximum absolute atomic E-state index is 11.3. The van der Waals surface area contributed by atoms with Gasteiger partial charge >= 0.3 is 0 Å². The Labute approximate surface area is 98.7 Å². The third-order valence-electron chi connectivity index (χ3n) is 1.99. The van der Waals surface area contributed by atoms with E-state index in [1.807, 2.05) is 5.43 Å². The van der Waals surface area contributed by atoms with Crippen molar-refractivity contribution in [2.45, 2.75) is 6.92 Å². The molecule has 0 heterocycles. The lowest BCUT2D eigenvalue weighted by Gasteiger charge is -2.10. The van der Waals surface area contributed by atoms with E-state index in [1.54, 1.807) is 12.1 Å². The lowest BCUT2D eigenvalue weighted by molar-refractivity contribution is -0.118. The quantitative estimate of drug-likeness (QED) is 0.436. The van der Waals surface area contributed by atoms with Crippen molar-refractivity contribution in [3.63, 3.8) is 0 Å². The van der Waals surface area contributed by atoms with E-state index in [0.29, 0.717) is 17.1 Å². The van der Waals surface area contributed by atoms with Crippen LogP contribution in [0.5, 0.6) is 11.5 Å². The molecule has 0 saturated heterocycles. The van der Waals surface area contributed by atoms with Crippen LogP contribution >= 0.6 is 0 Å². The molecule has 0 aliphatic carbocycles. The van der Waals surface area contributed by atoms with E-state index in [0.717, 1.165) is 0 Å². The Morgan fingerprint density at radius 3 is 2.59 bits per heavy atom. The number of benzene rings is 1. The van der Waals surface area contributed by atoms with Crippen molar-refractivity contribution in [3.8, 4) is 11.5 Å². The number of rotatable bonds is 5. The zero-order chi connectivity index (χ0) is 12.8. The second kappa shape index (κ2) is 5.86. The summed E-state index contributed by atoms with van der Waals surface area (Å²) in [5, 5.41) is 0. The highest BCUT2D eigenvalue weighted by Gasteiger charge is 2.10. The van der Waals surface area contributed by atoms with Gasteiger partial charge in [0, 0.05) is 5.56 Å². The number of hydrogen-bond donors (Lipinski definition) is 2. The van der Waals surface area contributed by atoms with Gasteiger partial charge in [0.2, 0.25) is 0 Å². The highest BCUT2D eigenvalue weighted by molar-refractivity contribution is 5.94. The first kappa shape index (κ1) is 13.0. The van der Waals surface area contributed by atoms with Crippen LogP contribution in [0.2, 0.25) is 0 Å². The zero-order valence-electron chi connectivity index (χ0n) is 9.65. The number of nitrogens with two attached hydrogens (primary N) is 1. The van der Waals surface area contributed by atoms with E-state index >= 15 is 0 Å². The number of hydrogen-bond acceptors (Lipinski definition) is 5. The Morgan fingerprint density at radius 2 is 2.06 bits per heavy atom. The molecular formula is C11H14N2O4. The van der Waals surface area contributed by atoms with Gasteiger partial charge in [0.05, 0.1) is 7.11 Å². The standard InChI is InChI=1S/C11H14N2O4/c1-7(14)6-17-10-5-8(11(15)13-12)3-4-9(10)16-2/h3-5H,6,12H2,1-2H3,(H,13,15). The minimum Gasteiger partial charge on any atom is -0.493 e. The molecule has 0 bridgehead atoms. The summed E-state index contributed by atoms with van der Waals surface area (Å²) in [5.74, 6) is 5.22. The van der Waals surface area contributed by atoms with Gasteiger partial charge in [0.1, 0.15) is 6.61 Å². The van der Waals surface area contributed by atoms with Crippen LogP contribution in [0.15, 0.2) is 18.2 Å². The predicted molar refractivity (Wildman–Crippen MR) is 60.8 cm³/mol. The number of hydrazine groups is 1. The van der Waals surface area contributed by atoms with Crippen LogP contribution in [-0.2, 0) is 4.79 Å². The molecule has 0 saturated carbocycles.